The van der Waals surface area contributed by atoms with Crippen LogP contribution in [0.1, 0.15) is 31.3 Å². The van der Waals surface area contributed by atoms with E-state index in [4.69, 9.17) is 4.74 Å². The quantitative estimate of drug-likeness (QED) is 0.888. The van der Waals surface area contributed by atoms with E-state index in [9.17, 15) is 5.11 Å². The van der Waals surface area contributed by atoms with Gasteiger partial charge in [-0.2, -0.15) is 0 Å². The van der Waals surface area contributed by atoms with Crippen LogP contribution in [0, 0.1) is 0 Å². The second-order valence-electron chi connectivity index (χ2n) is 4.13. The van der Waals surface area contributed by atoms with Gasteiger partial charge in [-0.25, -0.2) is 9.97 Å². The zero-order valence-electron chi connectivity index (χ0n) is 10.3. The van der Waals surface area contributed by atoms with E-state index in [1.807, 2.05) is 13.8 Å². The summed E-state index contributed by atoms with van der Waals surface area (Å²) in [6, 6.07) is 3.45. The van der Waals surface area contributed by atoms with Gasteiger partial charge in [0.2, 0.25) is 0 Å². The predicted molar refractivity (Wildman–Crippen MR) is 66.1 cm³/mol. The first-order chi connectivity index (χ1) is 8.66. The molecule has 0 amide bonds. The lowest BCUT2D eigenvalue weighted by Crippen LogP contribution is -2.08. The van der Waals surface area contributed by atoms with Crippen LogP contribution in [0.2, 0.25) is 0 Å². The van der Waals surface area contributed by atoms with Crippen molar-refractivity contribution in [2.45, 2.75) is 26.1 Å². The SMILES string of the molecule is CC(C)Oc1cncc(C(O)c2ncccn2)c1. The van der Waals surface area contributed by atoms with Gasteiger partial charge >= 0.3 is 0 Å². The molecule has 0 aliphatic heterocycles. The third-order valence-electron chi connectivity index (χ3n) is 2.25. The Kier molecular flexibility index (Phi) is 3.84. The molecular weight excluding hydrogens is 230 g/mol. The number of hydrogen-bond acceptors (Lipinski definition) is 5. The Morgan fingerprint density at radius 3 is 2.56 bits per heavy atom. The third kappa shape index (κ3) is 3.01. The summed E-state index contributed by atoms with van der Waals surface area (Å²) in [5, 5.41) is 10.1. The van der Waals surface area contributed by atoms with Gasteiger partial charge in [0.15, 0.2) is 5.82 Å². The van der Waals surface area contributed by atoms with Crippen LogP contribution in [0.4, 0.5) is 0 Å². The van der Waals surface area contributed by atoms with Crippen molar-refractivity contribution in [3.05, 3.63) is 48.3 Å². The Morgan fingerprint density at radius 2 is 1.89 bits per heavy atom. The lowest BCUT2D eigenvalue weighted by Gasteiger charge is -2.12. The fourth-order valence-corrected chi connectivity index (χ4v) is 1.52. The molecule has 94 valence electrons. The van der Waals surface area contributed by atoms with Gasteiger partial charge in [-0.1, -0.05) is 0 Å². The maximum Gasteiger partial charge on any atom is 0.161 e. The van der Waals surface area contributed by atoms with Crippen molar-refractivity contribution in [2.75, 3.05) is 0 Å². The first-order valence-corrected chi connectivity index (χ1v) is 5.73. The highest BCUT2D eigenvalue weighted by molar-refractivity contribution is 5.28. The third-order valence-corrected chi connectivity index (χ3v) is 2.25. The molecule has 2 rings (SSSR count). The van der Waals surface area contributed by atoms with E-state index in [1.165, 1.54) is 0 Å². The zero-order valence-corrected chi connectivity index (χ0v) is 10.3. The topological polar surface area (TPSA) is 68.1 Å². The lowest BCUT2D eigenvalue weighted by molar-refractivity contribution is 0.206. The molecule has 2 heterocycles. The molecule has 1 atom stereocenters. The van der Waals surface area contributed by atoms with Crippen molar-refractivity contribution in [2.24, 2.45) is 0 Å². The molecule has 1 unspecified atom stereocenters. The Labute approximate surface area is 106 Å². The van der Waals surface area contributed by atoms with Crippen LogP contribution in [0.3, 0.4) is 0 Å². The minimum atomic E-state index is -0.894. The molecule has 2 aromatic rings. The van der Waals surface area contributed by atoms with Gasteiger partial charge in [0.25, 0.3) is 0 Å². The van der Waals surface area contributed by atoms with Crippen molar-refractivity contribution >= 4 is 0 Å². The summed E-state index contributed by atoms with van der Waals surface area (Å²) in [5.74, 6) is 0.971. The molecule has 0 aromatic carbocycles. The van der Waals surface area contributed by atoms with E-state index in [1.54, 1.807) is 36.9 Å². The van der Waals surface area contributed by atoms with Crippen LogP contribution < -0.4 is 4.74 Å². The summed E-state index contributed by atoms with van der Waals surface area (Å²) >= 11 is 0. The molecule has 0 aliphatic carbocycles. The van der Waals surface area contributed by atoms with E-state index >= 15 is 0 Å². The Hall–Kier alpha value is -2.01. The van der Waals surface area contributed by atoms with E-state index < -0.39 is 6.10 Å². The molecule has 5 heteroatoms. The first kappa shape index (κ1) is 12.4. The molecule has 5 nitrogen and oxygen atoms in total. The van der Waals surface area contributed by atoms with Crippen LogP contribution in [0.15, 0.2) is 36.9 Å². The summed E-state index contributed by atoms with van der Waals surface area (Å²) in [6.07, 6.45) is 5.54. The number of nitrogens with zero attached hydrogens (tertiary/aromatic N) is 3. The molecule has 0 spiro atoms. The predicted octanol–water partition coefficient (Wildman–Crippen LogP) is 1.74. The van der Waals surface area contributed by atoms with Gasteiger partial charge in [0.1, 0.15) is 11.9 Å². The number of aromatic nitrogens is 3. The summed E-state index contributed by atoms with van der Waals surface area (Å²) in [7, 11) is 0. The number of aliphatic hydroxyl groups excluding tert-OH is 1. The van der Waals surface area contributed by atoms with Crippen molar-refractivity contribution < 1.29 is 9.84 Å². The summed E-state index contributed by atoms with van der Waals surface area (Å²) < 4.78 is 5.53. The molecule has 0 radical (unpaired) electrons. The highest BCUT2D eigenvalue weighted by atomic mass is 16.5. The molecule has 2 aromatic heterocycles. The zero-order chi connectivity index (χ0) is 13.0. The van der Waals surface area contributed by atoms with Gasteiger partial charge < -0.3 is 9.84 Å². The molecule has 0 fully saturated rings. The number of ether oxygens (including phenoxy) is 1. The number of rotatable bonds is 4. The average molecular weight is 245 g/mol. The number of pyridine rings is 1. The summed E-state index contributed by atoms with van der Waals surface area (Å²) in [5.41, 5.74) is 0.611. The van der Waals surface area contributed by atoms with Crippen LogP contribution in [0.5, 0.6) is 5.75 Å². The lowest BCUT2D eigenvalue weighted by atomic mass is 10.1. The van der Waals surface area contributed by atoms with Crippen molar-refractivity contribution in [1.29, 1.82) is 0 Å². The molecule has 1 N–H and O–H groups in total. The normalized spacial score (nSPS) is 12.4. The van der Waals surface area contributed by atoms with Gasteiger partial charge in [-0.3, -0.25) is 4.98 Å². The van der Waals surface area contributed by atoms with E-state index in [0.29, 0.717) is 17.1 Å². The molecule has 18 heavy (non-hydrogen) atoms. The minimum Gasteiger partial charge on any atom is -0.489 e. The second-order valence-corrected chi connectivity index (χ2v) is 4.13. The maximum atomic E-state index is 10.1. The molecule has 0 saturated carbocycles. The van der Waals surface area contributed by atoms with Gasteiger partial charge in [0.05, 0.1) is 12.3 Å². The maximum absolute atomic E-state index is 10.1. The molecule has 0 aliphatic rings. The van der Waals surface area contributed by atoms with Crippen molar-refractivity contribution in [3.8, 4) is 5.75 Å². The minimum absolute atomic E-state index is 0.0622. The number of aliphatic hydroxyl groups is 1. The van der Waals surface area contributed by atoms with Crippen molar-refractivity contribution in [1.82, 2.24) is 15.0 Å². The standard InChI is InChI=1S/C13H15N3O2/c1-9(2)18-11-6-10(7-14-8-11)12(17)13-15-4-3-5-16-13/h3-9,12,17H,1-2H3. The highest BCUT2D eigenvalue weighted by Gasteiger charge is 2.14. The van der Waals surface area contributed by atoms with Gasteiger partial charge in [-0.15, -0.1) is 0 Å². The molecule has 0 bridgehead atoms. The van der Waals surface area contributed by atoms with Crippen LogP contribution >= 0.6 is 0 Å². The first-order valence-electron chi connectivity index (χ1n) is 5.73. The second kappa shape index (κ2) is 5.55. The Balaban J connectivity index is 2.23. The molecule has 0 saturated heterocycles. The average Bonchev–Trinajstić information content (AvgIpc) is 2.38. The smallest absolute Gasteiger partial charge is 0.161 e. The molecular formula is C13H15N3O2. The van der Waals surface area contributed by atoms with Crippen LogP contribution in [-0.2, 0) is 0 Å². The van der Waals surface area contributed by atoms with Gasteiger partial charge in [-0.05, 0) is 26.0 Å². The fraction of sp³-hybridized carbons (Fsp3) is 0.308. The summed E-state index contributed by atoms with van der Waals surface area (Å²) in [4.78, 5) is 12.1. The van der Waals surface area contributed by atoms with E-state index in [-0.39, 0.29) is 6.10 Å². The summed E-state index contributed by atoms with van der Waals surface area (Å²) in [6.45, 7) is 3.87. The van der Waals surface area contributed by atoms with Crippen LogP contribution in [-0.4, -0.2) is 26.2 Å². The fourth-order valence-electron chi connectivity index (χ4n) is 1.52. The Bertz CT molecular complexity index is 503. The van der Waals surface area contributed by atoms with Crippen LogP contribution in [0.25, 0.3) is 0 Å². The number of hydrogen-bond donors (Lipinski definition) is 1. The largest absolute Gasteiger partial charge is 0.489 e. The Morgan fingerprint density at radius 1 is 1.17 bits per heavy atom. The highest BCUT2D eigenvalue weighted by Crippen LogP contribution is 2.21. The van der Waals surface area contributed by atoms with Crippen molar-refractivity contribution in [3.63, 3.8) is 0 Å². The van der Waals surface area contributed by atoms with E-state index in [2.05, 4.69) is 15.0 Å². The van der Waals surface area contributed by atoms with Gasteiger partial charge in [0, 0.05) is 24.2 Å². The monoisotopic (exact) mass is 245 g/mol. The van der Waals surface area contributed by atoms with E-state index in [0.717, 1.165) is 0 Å².